The predicted molar refractivity (Wildman–Crippen MR) is 85.2 cm³/mol. The van der Waals surface area contributed by atoms with E-state index in [0.29, 0.717) is 5.69 Å². The molecule has 0 spiro atoms. The fraction of sp³-hybridized carbons (Fsp3) is 0.0667. The number of halogens is 1. The van der Waals surface area contributed by atoms with E-state index in [1.165, 1.54) is 0 Å². The van der Waals surface area contributed by atoms with Crippen molar-refractivity contribution in [1.82, 2.24) is 15.2 Å². The number of aryl methyl sites for hydroxylation is 1. The van der Waals surface area contributed by atoms with Gasteiger partial charge in [-0.05, 0) is 42.8 Å². The molecule has 2 aromatic heterocycles. The zero-order valence-corrected chi connectivity index (χ0v) is 12.9. The summed E-state index contributed by atoms with van der Waals surface area (Å²) < 4.78 is 1.01. The lowest BCUT2D eigenvalue weighted by molar-refractivity contribution is 0.102. The van der Waals surface area contributed by atoms with Crippen LogP contribution in [0.25, 0.3) is 11.3 Å². The van der Waals surface area contributed by atoms with Crippen LogP contribution >= 0.6 is 15.9 Å². The van der Waals surface area contributed by atoms with Crippen LogP contribution in [0, 0.1) is 6.92 Å². The Balaban J connectivity index is 1.78. The van der Waals surface area contributed by atoms with Gasteiger partial charge in [0.25, 0.3) is 5.91 Å². The Morgan fingerprint density at radius 2 is 2.14 bits per heavy atom. The molecule has 0 aliphatic carbocycles. The van der Waals surface area contributed by atoms with Gasteiger partial charge >= 0.3 is 0 Å². The van der Waals surface area contributed by atoms with Crippen LogP contribution in [-0.4, -0.2) is 21.1 Å². The summed E-state index contributed by atoms with van der Waals surface area (Å²) >= 11 is 3.43. The maximum atomic E-state index is 12.2. The molecule has 21 heavy (non-hydrogen) atoms. The van der Waals surface area contributed by atoms with Crippen LogP contribution in [-0.2, 0) is 0 Å². The van der Waals surface area contributed by atoms with Gasteiger partial charge in [0.1, 0.15) is 5.69 Å². The van der Waals surface area contributed by atoms with E-state index < -0.39 is 0 Å². The normalized spacial score (nSPS) is 10.6. The molecule has 0 saturated carbocycles. The van der Waals surface area contributed by atoms with Gasteiger partial charge in [0.05, 0.1) is 5.69 Å². The third kappa shape index (κ3) is 2.90. The predicted octanol–water partition coefficient (Wildman–Crippen LogP) is 3.73. The summed E-state index contributed by atoms with van der Waals surface area (Å²) in [5, 5.41) is 9.74. The number of nitrogens with zero attached hydrogens (tertiary/aromatic N) is 1. The summed E-state index contributed by atoms with van der Waals surface area (Å²) in [5.41, 5.74) is 3.90. The monoisotopic (exact) mass is 344 g/mol. The molecule has 3 aromatic rings. The second-order valence-corrected chi connectivity index (χ2v) is 5.54. The van der Waals surface area contributed by atoms with E-state index in [9.17, 15) is 4.79 Å². The Bertz CT molecular complexity index is 777. The Morgan fingerprint density at radius 1 is 1.29 bits per heavy atom. The fourth-order valence-corrected chi connectivity index (χ4v) is 2.24. The number of anilines is 1. The average Bonchev–Trinajstić information content (AvgIpc) is 3.12. The molecule has 0 fully saturated rings. The Kier molecular flexibility index (Phi) is 3.62. The molecule has 5 nitrogen and oxygen atoms in total. The summed E-state index contributed by atoms with van der Waals surface area (Å²) in [4.78, 5) is 15.2. The number of H-pyrrole nitrogens is 2. The van der Waals surface area contributed by atoms with Crippen molar-refractivity contribution in [2.75, 3.05) is 5.32 Å². The molecule has 0 saturated heterocycles. The van der Waals surface area contributed by atoms with E-state index >= 15 is 0 Å². The van der Waals surface area contributed by atoms with E-state index in [0.717, 1.165) is 27.0 Å². The van der Waals surface area contributed by atoms with Crippen LogP contribution in [0.2, 0.25) is 0 Å². The third-order valence-corrected chi connectivity index (χ3v) is 4.02. The number of hydrogen-bond donors (Lipinski definition) is 3. The van der Waals surface area contributed by atoms with Gasteiger partial charge in [0, 0.05) is 28.1 Å². The average molecular weight is 345 g/mol. The number of aromatic nitrogens is 3. The van der Waals surface area contributed by atoms with Gasteiger partial charge in [-0.3, -0.25) is 9.89 Å². The maximum absolute atomic E-state index is 12.2. The van der Waals surface area contributed by atoms with E-state index in [4.69, 9.17) is 0 Å². The first-order valence-corrected chi connectivity index (χ1v) is 7.19. The number of rotatable bonds is 3. The molecule has 3 rings (SSSR count). The minimum atomic E-state index is -0.217. The fourth-order valence-electron chi connectivity index (χ4n) is 1.99. The van der Waals surface area contributed by atoms with Crippen molar-refractivity contribution in [2.45, 2.75) is 6.92 Å². The zero-order chi connectivity index (χ0) is 14.8. The SMILES string of the molecule is Cc1cc(NC(=O)c2cc(-c3cc[nH]c3)n[nH]2)ccc1Br. The zero-order valence-electron chi connectivity index (χ0n) is 11.3. The number of hydrogen-bond acceptors (Lipinski definition) is 2. The second kappa shape index (κ2) is 5.57. The highest BCUT2D eigenvalue weighted by atomic mass is 79.9. The molecule has 0 aliphatic rings. The van der Waals surface area contributed by atoms with Crippen LogP contribution in [0.3, 0.4) is 0 Å². The Morgan fingerprint density at radius 3 is 2.86 bits per heavy atom. The van der Waals surface area contributed by atoms with Gasteiger partial charge in [-0.1, -0.05) is 15.9 Å². The highest BCUT2D eigenvalue weighted by Gasteiger charge is 2.11. The molecule has 1 aromatic carbocycles. The van der Waals surface area contributed by atoms with Crippen molar-refractivity contribution in [3.63, 3.8) is 0 Å². The molecule has 0 unspecified atom stereocenters. The van der Waals surface area contributed by atoms with Crippen molar-refractivity contribution in [1.29, 1.82) is 0 Å². The van der Waals surface area contributed by atoms with Crippen molar-refractivity contribution in [3.8, 4) is 11.3 Å². The molecule has 0 bridgehead atoms. The number of nitrogens with one attached hydrogen (secondary N) is 3. The van der Waals surface area contributed by atoms with Crippen LogP contribution in [0.4, 0.5) is 5.69 Å². The van der Waals surface area contributed by atoms with Gasteiger partial charge < -0.3 is 10.3 Å². The molecule has 106 valence electrons. The molecule has 0 aliphatic heterocycles. The van der Waals surface area contributed by atoms with E-state index in [2.05, 4.69) is 36.4 Å². The standard InChI is InChI=1S/C15H13BrN4O/c1-9-6-11(2-3-12(9)16)18-15(21)14-7-13(19-20-14)10-4-5-17-8-10/h2-8,17H,1H3,(H,18,21)(H,19,20). The van der Waals surface area contributed by atoms with E-state index in [1.807, 2.05) is 43.6 Å². The van der Waals surface area contributed by atoms with E-state index in [1.54, 1.807) is 6.07 Å². The number of aromatic amines is 2. The van der Waals surface area contributed by atoms with Crippen molar-refractivity contribution < 1.29 is 4.79 Å². The van der Waals surface area contributed by atoms with Gasteiger partial charge in [0.2, 0.25) is 0 Å². The highest BCUT2D eigenvalue weighted by molar-refractivity contribution is 9.10. The van der Waals surface area contributed by atoms with Gasteiger partial charge in [0.15, 0.2) is 0 Å². The number of benzene rings is 1. The first-order chi connectivity index (χ1) is 10.1. The highest BCUT2D eigenvalue weighted by Crippen LogP contribution is 2.21. The van der Waals surface area contributed by atoms with Crippen LogP contribution in [0.1, 0.15) is 16.1 Å². The van der Waals surface area contributed by atoms with Crippen molar-refractivity contribution in [3.05, 3.63) is 58.5 Å². The van der Waals surface area contributed by atoms with Crippen molar-refractivity contribution >= 4 is 27.5 Å². The van der Waals surface area contributed by atoms with E-state index in [-0.39, 0.29) is 5.91 Å². The van der Waals surface area contributed by atoms with Gasteiger partial charge in [-0.15, -0.1) is 0 Å². The molecule has 1 amide bonds. The van der Waals surface area contributed by atoms with Gasteiger partial charge in [-0.2, -0.15) is 5.10 Å². The summed E-state index contributed by atoms with van der Waals surface area (Å²) in [6.07, 6.45) is 3.64. The topological polar surface area (TPSA) is 73.6 Å². The molecule has 2 heterocycles. The summed E-state index contributed by atoms with van der Waals surface area (Å²) in [6.45, 7) is 1.97. The van der Waals surface area contributed by atoms with Gasteiger partial charge in [-0.25, -0.2) is 0 Å². The number of carbonyl (C=O) groups excluding carboxylic acids is 1. The lowest BCUT2D eigenvalue weighted by Crippen LogP contribution is -2.12. The third-order valence-electron chi connectivity index (χ3n) is 3.13. The molecule has 3 N–H and O–H groups in total. The first kappa shape index (κ1) is 13.6. The molecular weight excluding hydrogens is 332 g/mol. The number of amides is 1. The quantitative estimate of drug-likeness (QED) is 0.677. The lowest BCUT2D eigenvalue weighted by atomic mass is 10.2. The Hall–Kier alpha value is -2.34. The molecule has 6 heteroatoms. The smallest absolute Gasteiger partial charge is 0.273 e. The van der Waals surface area contributed by atoms with Crippen LogP contribution in [0.15, 0.2) is 47.2 Å². The molecule has 0 radical (unpaired) electrons. The summed E-state index contributed by atoms with van der Waals surface area (Å²) in [5.74, 6) is -0.217. The maximum Gasteiger partial charge on any atom is 0.273 e. The van der Waals surface area contributed by atoms with Crippen molar-refractivity contribution in [2.24, 2.45) is 0 Å². The second-order valence-electron chi connectivity index (χ2n) is 4.68. The van der Waals surface area contributed by atoms with Crippen LogP contribution in [0.5, 0.6) is 0 Å². The summed E-state index contributed by atoms with van der Waals surface area (Å²) in [7, 11) is 0. The first-order valence-electron chi connectivity index (χ1n) is 6.39. The van der Waals surface area contributed by atoms with Crippen LogP contribution < -0.4 is 5.32 Å². The largest absolute Gasteiger partial charge is 0.367 e. The minimum Gasteiger partial charge on any atom is -0.367 e. The number of carbonyl (C=O) groups is 1. The summed E-state index contributed by atoms with van der Waals surface area (Å²) in [6, 6.07) is 9.28. The molecular formula is C15H13BrN4O. The molecule has 0 atom stereocenters. The lowest BCUT2D eigenvalue weighted by Gasteiger charge is -2.05. The minimum absolute atomic E-state index is 0.217. The Labute approximate surface area is 129 Å².